The van der Waals surface area contributed by atoms with Crippen LogP contribution in [0.25, 0.3) is 6.08 Å². The quantitative estimate of drug-likeness (QED) is 0.306. The van der Waals surface area contributed by atoms with Gasteiger partial charge in [0.2, 0.25) is 5.90 Å². The number of ether oxygens (including phenoxy) is 2. The fraction of sp³-hybridized carbons (Fsp3) is 0.0833. The second kappa shape index (κ2) is 8.87. The summed E-state index contributed by atoms with van der Waals surface area (Å²) in [7, 11) is -2.70. The topological polar surface area (TPSA) is 91.3 Å². The molecule has 9 heteroatoms. The van der Waals surface area contributed by atoms with Gasteiger partial charge in [-0.2, -0.15) is 8.42 Å². The molecule has 1 aliphatic rings. The van der Waals surface area contributed by atoms with Gasteiger partial charge >= 0.3 is 16.1 Å². The molecule has 0 unspecified atom stereocenters. The molecule has 7 nitrogen and oxygen atoms in total. The normalized spacial score (nSPS) is 14.7. The van der Waals surface area contributed by atoms with Crippen molar-refractivity contribution >= 4 is 28.1 Å². The predicted octanol–water partition coefficient (Wildman–Crippen LogP) is 4.25. The molecule has 3 aromatic carbocycles. The highest BCUT2D eigenvalue weighted by molar-refractivity contribution is 7.87. The first kappa shape index (κ1) is 22.2. The van der Waals surface area contributed by atoms with Crippen LogP contribution in [-0.2, 0) is 19.6 Å². The lowest BCUT2D eigenvalue weighted by molar-refractivity contribution is -0.129. The van der Waals surface area contributed by atoms with E-state index in [2.05, 4.69) is 4.99 Å². The number of carbonyl (C=O) groups is 1. The van der Waals surface area contributed by atoms with Crippen LogP contribution in [0, 0.1) is 12.7 Å². The minimum absolute atomic E-state index is 0.00951. The lowest BCUT2D eigenvalue weighted by Gasteiger charge is -2.11. The van der Waals surface area contributed by atoms with Crippen molar-refractivity contribution in [1.82, 2.24) is 0 Å². The van der Waals surface area contributed by atoms with Crippen molar-refractivity contribution in [2.24, 2.45) is 4.99 Å². The fourth-order valence-electron chi connectivity index (χ4n) is 3.00. The Balaban J connectivity index is 1.60. The van der Waals surface area contributed by atoms with E-state index in [0.717, 1.165) is 5.56 Å². The van der Waals surface area contributed by atoms with Gasteiger partial charge in [0.1, 0.15) is 10.7 Å². The maximum Gasteiger partial charge on any atom is 0.363 e. The third-order valence-corrected chi connectivity index (χ3v) is 5.96. The summed E-state index contributed by atoms with van der Waals surface area (Å²) in [5, 5.41) is 0. The van der Waals surface area contributed by atoms with Crippen LogP contribution in [0.4, 0.5) is 4.39 Å². The lowest BCUT2D eigenvalue weighted by Crippen LogP contribution is -2.10. The zero-order chi connectivity index (χ0) is 23.6. The van der Waals surface area contributed by atoms with Gasteiger partial charge in [-0.05, 0) is 67.1 Å². The Kier molecular flexibility index (Phi) is 5.97. The first-order chi connectivity index (χ1) is 15.7. The van der Waals surface area contributed by atoms with E-state index < -0.39 is 21.9 Å². The summed E-state index contributed by atoms with van der Waals surface area (Å²) < 4.78 is 54.0. The van der Waals surface area contributed by atoms with E-state index in [4.69, 9.17) is 13.7 Å². The first-order valence-electron chi connectivity index (χ1n) is 9.73. The molecule has 0 N–H and O–H groups in total. The van der Waals surface area contributed by atoms with Crippen LogP contribution >= 0.6 is 0 Å². The largest absolute Gasteiger partial charge is 0.493 e. The number of esters is 1. The fourth-order valence-corrected chi connectivity index (χ4v) is 3.94. The van der Waals surface area contributed by atoms with Crippen molar-refractivity contribution in [1.29, 1.82) is 0 Å². The number of benzene rings is 3. The van der Waals surface area contributed by atoms with E-state index in [0.29, 0.717) is 11.1 Å². The van der Waals surface area contributed by atoms with Gasteiger partial charge in [-0.3, -0.25) is 0 Å². The van der Waals surface area contributed by atoms with Gasteiger partial charge in [-0.25, -0.2) is 14.2 Å². The number of aryl methyl sites for hydroxylation is 1. The third kappa shape index (κ3) is 4.93. The van der Waals surface area contributed by atoms with E-state index in [1.807, 2.05) is 6.92 Å². The number of hydrogen-bond donors (Lipinski definition) is 0. The number of aliphatic imine (C=N–C) groups is 1. The van der Waals surface area contributed by atoms with Crippen LogP contribution in [-0.4, -0.2) is 27.4 Å². The summed E-state index contributed by atoms with van der Waals surface area (Å²) in [5.41, 5.74) is 1.90. The molecule has 0 amide bonds. The zero-order valence-electron chi connectivity index (χ0n) is 17.6. The predicted molar refractivity (Wildman–Crippen MR) is 119 cm³/mol. The molecule has 0 saturated heterocycles. The first-order valence-corrected chi connectivity index (χ1v) is 11.1. The average Bonchev–Trinajstić information content (AvgIpc) is 3.15. The highest BCUT2D eigenvalue weighted by Crippen LogP contribution is 2.32. The molecule has 33 heavy (non-hydrogen) atoms. The van der Waals surface area contributed by atoms with E-state index in [1.165, 1.54) is 61.7 Å². The number of halogens is 1. The molecule has 0 fully saturated rings. The standard InChI is InChI=1S/C24H18FNO6S/c1-15-3-10-19(11-4-15)33(28,29)32-21-12-5-16(14-22(21)30-2)13-20-24(27)31-23(26-20)17-6-8-18(25)9-7-17/h3-14H,1-2H3/b20-13-. The van der Waals surface area contributed by atoms with Gasteiger partial charge in [0.05, 0.1) is 7.11 Å². The summed E-state index contributed by atoms with van der Waals surface area (Å²) in [4.78, 5) is 16.4. The molecular formula is C24H18FNO6S. The molecule has 168 valence electrons. The van der Waals surface area contributed by atoms with Crippen molar-refractivity contribution in [2.75, 3.05) is 7.11 Å². The molecule has 4 rings (SSSR count). The van der Waals surface area contributed by atoms with Crippen LogP contribution in [0.5, 0.6) is 11.5 Å². The third-order valence-electron chi connectivity index (χ3n) is 4.71. The molecule has 0 radical (unpaired) electrons. The minimum atomic E-state index is -4.07. The molecule has 0 saturated carbocycles. The number of cyclic esters (lactones) is 1. The molecule has 0 aromatic heterocycles. The lowest BCUT2D eigenvalue weighted by atomic mass is 10.1. The Morgan fingerprint density at radius 2 is 1.67 bits per heavy atom. The van der Waals surface area contributed by atoms with Crippen molar-refractivity contribution in [3.05, 3.63) is 94.9 Å². The number of methoxy groups -OCH3 is 1. The number of nitrogens with zero attached hydrogens (tertiary/aromatic N) is 1. The van der Waals surface area contributed by atoms with Gasteiger partial charge in [-0.1, -0.05) is 23.8 Å². The van der Waals surface area contributed by atoms with Gasteiger partial charge in [0.15, 0.2) is 17.2 Å². The number of hydrogen-bond acceptors (Lipinski definition) is 7. The van der Waals surface area contributed by atoms with Crippen molar-refractivity contribution in [2.45, 2.75) is 11.8 Å². The van der Waals surface area contributed by atoms with Gasteiger partial charge in [-0.15, -0.1) is 0 Å². The molecule has 3 aromatic rings. The van der Waals surface area contributed by atoms with Crippen molar-refractivity contribution in [3.8, 4) is 11.5 Å². The smallest absolute Gasteiger partial charge is 0.363 e. The maximum atomic E-state index is 13.1. The molecule has 0 spiro atoms. The zero-order valence-corrected chi connectivity index (χ0v) is 18.4. The Hall–Kier alpha value is -3.98. The number of carbonyl (C=O) groups excluding carboxylic acids is 1. The van der Waals surface area contributed by atoms with Crippen LogP contribution in [0.1, 0.15) is 16.7 Å². The average molecular weight is 467 g/mol. The second-order valence-corrected chi connectivity index (χ2v) is 8.65. The molecule has 1 aliphatic heterocycles. The van der Waals surface area contributed by atoms with E-state index >= 15 is 0 Å². The summed E-state index contributed by atoms with van der Waals surface area (Å²) in [6, 6.07) is 16.1. The Morgan fingerprint density at radius 1 is 0.970 bits per heavy atom. The Morgan fingerprint density at radius 3 is 2.33 bits per heavy atom. The Bertz CT molecular complexity index is 1380. The minimum Gasteiger partial charge on any atom is -0.493 e. The van der Waals surface area contributed by atoms with Gasteiger partial charge in [0.25, 0.3) is 0 Å². The monoisotopic (exact) mass is 467 g/mol. The number of rotatable bonds is 6. The Labute approximate surface area is 189 Å². The second-order valence-electron chi connectivity index (χ2n) is 7.10. The van der Waals surface area contributed by atoms with Crippen molar-refractivity contribution in [3.63, 3.8) is 0 Å². The summed E-state index contributed by atoms with van der Waals surface area (Å²) in [5.74, 6) is -0.893. The van der Waals surface area contributed by atoms with Crippen LogP contribution in [0.2, 0.25) is 0 Å². The summed E-state index contributed by atoms with van der Waals surface area (Å²) in [6.45, 7) is 1.85. The summed E-state index contributed by atoms with van der Waals surface area (Å²) >= 11 is 0. The van der Waals surface area contributed by atoms with E-state index in [-0.39, 0.29) is 28.0 Å². The van der Waals surface area contributed by atoms with Gasteiger partial charge < -0.3 is 13.7 Å². The van der Waals surface area contributed by atoms with E-state index in [9.17, 15) is 17.6 Å². The van der Waals surface area contributed by atoms with Crippen molar-refractivity contribution < 1.29 is 31.3 Å². The molecule has 0 aliphatic carbocycles. The maximum absolute atomic E-state index is 13.1. The van der Waals surface area contributed by atoms with Gasteiger partial charge in [0, 0.05) is 5.56 Å². The molecule has 1 heterocycles. The highest BCUT2D eigenvalue weighted by Gasteiger charge is 2.25. The molecule has 0 atom stereocenters. The van der Waals surface area contributed by atoms with E-state index in [1.54, 1.807) is 18.2 Å². The van der Waals surface area contributed by atoms with Crippen LogP contribution in [0.15, 0.2) is 82.3 Å². The summed E-state index contributed by atoms with van der Waals surface area (Å²) in [6.07, 6.45) is 1.46. The molecule has 0 bridgehead atoms. The molecular weight excluding hydrogens is 449 g/mol. The van der Waals surface area contributed by atoms with Crippen LogP contribution in [0.3, 0.4) is 0 Å². The highest BCUT2D eigenvalue weighted by atomic mass is 32.2. The van der Waals surface area contributed by atoms with Crippen LogP contribution < -0.4 is 8.92 Å². The SMILES string of the molecule is COc1cc(/C=C2\N=C(c3ccc(F)cc3)OC2=O)ccc1OS(=O)(=O)c1ccc(C)cc1.